The van der Waals surface area contributed by atoms with E-state index in [9.17, 15) is 0 Å². The lowest BCUT2D eigenvalue weighted by Gasteiger charge is -1.99. The summed E-state index contributed by atoms with van der Waals surface area (Å²) in [6.07, 6.45) is 6.46. The van der Waals surface area contributed by atoms with Gasteiger partial charge in [-0.15, -0.1) is 0 Å². The molecule has 0 aromatic rings. The molecule has 0 bridgehead atoms. The first-order valence-corrected chi connectivity index (χ1v) is 3.58. The quantitative estimate of drug-likeness (QED) is 0.469. The van der Waals surface area contributed by atoms with Gasteiger partial charge in [-0.25, -0.2) is 0 Å². The van der Waals surface area contributed by atoms with Gasteiger partial charge >= 0.3 is 0 Å². The molecule has 0 aromatic heterocycles. The highest BCUT2D eigenvalue weighted by molar-refractivity contribution is 4.82. The zero-order chi connectivity index (χ0) is 5.40. The molecule has 2 rings (SSSR count). The van der Waals surface area contributed by atoms with Gasteiger partial charge in [-0.3, -0.25) is 0 Å². The van der Waals surface area contributed by atoms with Crippen LogP contribution in [0.25, 0.3) is 0 Å². The van der Waals surface area contributed by atoms with Crippen molar-refractivity contribution in [1.29, 1.82) is 0 Å². The van der Waals surface area contributed by atoms with Crippen LogP contribution in [0.3, 0.4) is 0 Å². The van der Waals surface area contributed by atoms with Gasteiger partial charge in [0, 0.05) is 0 Å². The van der Waals surface area contributed by atoms with Crippen molar-refractivity contribution >= 4 is 0 Å². The summed E-state index contributed by atoms with van der Waals surface area (Å²) in [6, 6.07) is 0. The highest BCUT2D eigenvalue weighted by Gasteiger charge is 2.33. The van der Waals surface area contributed by atoms with Crippen molar-refractivity contribution in [3.05, 3.63) is 0 Å². The number of epoxide rings is 1. The van der Waals surface area contributed by atoms with Crippen LogP contribution in [0, 0.1) is 5.92 Å². The van der Waals surface area contributed by atoms with E-state index >= 15 is 0 Å². The molecule has 1 saturated carbocycles. The van der Waals surface area contributed by atoms with Crippen LogP contribution in [-0.4, -0.2) is 12.7 Å². The van der Waals surface area contributed by atoms with E-state index in [1.165, 1.54) is 25.7 Å². The molecule has 46 valence electrons. The fourth-order valence-electron chi connectivity index (χ4n) is 1.66. The van der Waals surface area contributed by atoms with Crippen LogP contribution in [0.15, 0.2) is 0 Å². The van der Waals surface area contributed by atoms with Gasteiger partial charge in [0.05, 0.1) is 12.7 Å². The Bertz CT molecular complexity index is 80.4. The van der Waals surface area contributed by atoms with E-state index in [0.717, 1.165) is 12.5 Å². The van der Waals surface area contributed by atoms with Crippen molar-refractivity contribution in [2.75, 3.05) is 6.61 Å². The second-order valence-electron chi connectivity index (χ2n) is 2.92. The molecule has 0 aromatic carbocycles. The summed E-state index contributed by atoms with van der Waals surface area (Å²) in [5.41, 5.74) is 0. The maximum absolute atomic E-state index is 5.19. The molecule has 1 atom stereocenters. The van der Waals surface area contributed by atoms with E-state index in [1.54, 1.807) is 0 Å². The van der Waals surface area contributed by atoms with E-state index in [2.05, 4.69) is 0 Å². The summed E-state index contributed by atoms with van der Waals surface area (Å²) < 4.78 is 5.19. The predicted octanol–water partition coefficient (Wildman–Crippen LogP) is 1.58. The third-order valence-electron chi connectivity index (χ3n) is 2.28. The molecular formula is C7H12O. The Labute approximate surface area is 50.0 Å². The zero-order valence-corrected chi connectivity index (χ0v) is 5.10. The maximum atomic E-state index is 5.19. The number of ether oxygens (including phenoxy) is 1. The van der Waals surface area contributed by atoms with E-state index < -0.39 is 0 Å². The summed E-state index contributed by atoms with van der Waals surface area (Å²) in [6.45, 7) is 1.06. The molecule has 0 radical (unpaired) electrons. The van der Waals surface area contributed by atoms with E-state index in [0.29, 0.717) is 6.10 Å². The fraction of sp³-hybridized carbons (Fsp3) is 1.00. The van der Waals surface area contributed by atoms with Crippen LogP contribution in [0.5, 0.6) is 0 Å². The minimum absolute atomic E-state index is 0.692. The van der Waals surface area contributed by atoms with Gasteiger partial charge in [0.15, 0.2) is 0 Å². The summed E-state index contributed by atoms with van der Waals surface area (Å²) >= 11 is 0. The molecular weight excluding hydrogens is 100 g/mol. The molecule has 1 saturated heterocycles. The number of hydrogen-bond donors (Lipinski definition) is 0. The highest BCUT2D eigenvalue weighted by Crippen LogP contribution is 2.34. The molecule has 2 fully saturated rings. The van der Waals surface area contributed by atoms with Crippen LogP contribution in [0.4, 0.5) is 0 Å². The molecule has 2 aliphatic rings. The van der Waals surface area contributed by atoms with Crippen molar-refractivity contribution < 1.29 is 4.74 Å². The van der Waals surface area contributed by atoms with E-state index in [1.807, 2.05) is 0 Å². The predicted molar refractivity (Wildman–Crippen MR) is 31.7 cm³/mol. The SMILES string of the molecule is C1CCC(C2CO2)C1. The third kappa shape index (κ3) is 0.752. The van der Waals surface area contributed by atoms with E-state index in [4.69, 9.17) is 4.74 Å². The topological polar surface area (TPSA) is 12.5 Å². The van der Waals surface area contributed by atoms with Crippen molar-refractivity contribution in [3.63, 3.8) is 0 Å². The molecule has 8 heavy (non-hydrogen) atoms. The van der Waals surface area contributed by atoms with Gasteiger partial charge in [0.25, 0.3) is 0 Å². The summed E-state index contributed by atoms with van der Waals surface area (Å²) in [7, 11) is 0. The summed E-state index contributed by atoms with van der Waals surface area (Å²) in [5.74, 6) is 0.954. The van der Waals surface area contributed by atoms with Crippen molar-refractivity contribution in [3.8, 4) is 0 Å². The maximum Gasteiger partial charge on any atom is 0.0838 e. The standard InChI is InChI=1S/C7H12O/c1-2-4-6(3-1)7-5-8-7/h6-7H,1-5H2. The largest absolute Gasteiger partial charge is 0.373 e. The molecule has 0 amide bonds. The third-order valence-corrected chi connectivity index (χ3v) is 2.28. The Balaban J connectivity index is 1.86. The van der Waals surface area contributed by atoms with Crippen molar-refractivity contribution in [2.45, 2.75) is 31.8 Å². The second-order valence-corrected chi connectivity index (χ2v) is 2.92. The Morgan fingerprint density at radius 1 is 1.12 bits per heavy atom. The van der Waals surface area contributed by atoms with Gasteiger partial charge in [-0.2, -0.15) is 0 Å². The minimum Gasteiger partial charge on any atom is -0.373 e. The first-order valence-electron chi connectivity index (χ1n) is 3.58. The van der Waals surface area contributed by atoms with Gasteiger partial charge in [-0.1, -0.05) is 12.8 Å². The average molecular weight is 112 g/mol. The lowest BCUT2D eigenvalue weighted by Crippen LogP contribution is -2.00. The summed E-state index contributed by atoms with van der Waals surface area (Å²) in [5, 5.41) is 0. The normalized spacial score (nSPS) is 38.2. The molecule has 1 heteroatoms. The molecule has 1 unspecified atom stereocenters. The Kier molecular flexibility index (Phi) is 1.04. The Morgan fingerprint density at radius 2 is 1.75 bits per heavy atom. The zero-order valence-electron chi connectivity index (χ0n) is 5.10. The van der Waals surface area contributed by atoms with Gasteiger partial charge in [0.1, 0.15) is 0 Å². The Hall–Kier alpha value is -0.0400. The monoisotopic (exact) mass is 112 g/mol. The first-order chi connectivity index (χ1) is 3.97. The number of rotatable bonds is 1. The van der Waals surface area contributed by atoms with Crippen molar-refractivity contribution in [1.82, 2.24) is 0 Å². The second kappa shape index (κ2) is 1.73. The highest BCUT2D eigenvalue weighted by atomic mass is 16.6. The van der Waals surface area contributed by atoms with Crippen molar-refractivity contribution in [2.24, 2.45) is 5.92 Å². The lowest BCUT2D eigenvalue weighted by atomic mass is 10.1. The van der Waals surface area contributed by atoms with E-state index in [-0.39, 0.29) is 0 Å². The van der Waals surface area contributed by atoms with Crippen LogP contribution in [0.2, 0.25) is 0 Å². The molecule has 0 N–H and O–H groups in total. The number of hydrogen-bond acceptors (Lipinski definition) is 1. The van der Waals surface area contributed by atoms with Gasteiger partial charge in [-0.05, 0) is 18.8 Å². The van der Waals surface area contributed by atoms with Crippen LogP contribution in [0.1, 0.15) is 25.7 Å². The Morgan fingerprint density at radius 3 is 2.25 bits per heavy atom. The van der Waals surface area contributed by atoms with Crippen LogP contribution in [-0.2, 0) is 4.74 Å². The smallest absolute Gasteiger partial charge is 0.0838 e. The van der Waals surface area contributed by atoms with Gasteiger partial charge in [0.2, 0.25) is 0 Å². The minimum atomic E-state index is 0.692. The lowest BCUT2D eigenvalue weighted by molar-refractivity contribution is 0.332. The average Bonchev–Trinajstić information content (AvgIpc) is 2.49. The van der Waals surface area contributed by atoms with Crippen LogP contribution >= 0.6 is 0 Å². The first kappa shape index (κ1) is 4.80. The molecule has 1 aliphatic heterocycles. The molecule has 1 heterocycles. The van der Waals surface area contributed by atoms with Crippen LogP contribution < -0.4 is 0 Å². The molecule has 1 aliphatic carbocycles. The summed E-state index contributed by atoms with van der Waals surface area (Å²) in [4.78, 5) is 0. The fourth-order valence-corrected chi connectivity index (χ4v) is 1.66. The van der Waals surface area contributed by atoms with Gasteiger partial charge < -0.3 is 4.74 Å². The molecule has 0 spiro atoms. The molecule has 1 nitrogen and oxygen atoms in total.